The molecular formula is C28H31N7O2. The van der Waals surface area contributed by atoms with Gasteiger partial charge in [0.05, 0.1) is 6.20 Å². The van der Waals surface area contributed by atoms with Crippen LogP contribution in [-0.2, 0) is 11.3 Å². The van der Waals surface area contributed by atoms with Gasteiger partial charge >= 0.3 is 0 Å². The fourth-order valence-corrected chi connectivity index (χ4v) is 4.69. The predicted octanol–water partition coefficient (Wildman–Crippen LogP) is 4.19. The van der Waals surface area contributed by atoms with Crippen molar-refractivity contribution in [3.63, 3.8) is 0 Å². The van der Waals surface area contributed by atoms with Crippen molar-refractivity contribution < 1.29 is 9.53 Å². The Morgan fingerprint density at radius 2 is 1.95 bits per heavy atom. The van der Waals surface area contributed by atoms with Gasteiger partial charge in [-0.3, -0.25) is 9.78 Å². The summed E-state index contributed by atoms with van der Waals surface area (Å²) < 4.78 is 7.36. The smallest absolute Gasteiger partial charge is 0.251 e. The van der Waals surface area contributed by atoms with Gasteiger partial charge in [0.1, 0.15) is 11.6 Å². The number of carbonyl (C=O) groups excluding carboxylic acids is 1. The average Bonchev–Trinajstić information content (AvgIpc) is 3.63. The van der Waals surface area contributed by atoms with E-state index in [1.54, 1.807) is 6.20 Å². The molecule has 0 unspecified atom stereocenters. The maximum atomic E-state index is 12.6. The lowest BCUT2D eigenvalue weighted by Gasteiger charge is -2.24. The van der Waals surface area contributed by atoms with Crippen LogP contribution in [0.1, 0.15) is 47.2 Å². The molecule has 1 saturated carbocycles. The van der Waals surface area contributed by atoms with Crippen LogP contribution in [0.3, 0.4) is 0 Å². The molecule has 2 aliphatic rings. The van der Waals surface area contributed by atoms with Crippen molar-refractivity contribution in [2.75, 3.05) is 23.8 Å². The van der Waals surface area contributed by atoms with Crippen LogP contribution in [0.25, 0.3) is 16.8 Å². The van der Waals surface area contributed by atoms with Crippen LogP contribution in [0.5, 0.6) is 0 Å². The van der Waals surface area contributed by atoms with Gasteiger partial charge in [0, 0.05) is 61.4 Å². The molecule has 9 nitrogen and oxygen atoms in total. The van der Waals surface area contributed by atoms with E-state index in [0.29, 0.717) is 24.2 Å². The third-order valence-electron chi connectivity index (χ3n) is 6.94. The number of hydrogen-bond acceptors (Lipinski definition) is 7. The van der Waals surface area contributed by atoms with E-state index < -0.39 is 0 Å². The fraction of sp³-hybridized carbons (Fsp3) is 0.357. The topological polar surface area (TPSA) is 105 Å². The van der Waals surface area contributed by atoms with Crippen LogP contribution >= 0.6 is 0 Å². The molecule has 190 valence electrons. The highest BCUT2D eigenvalue weighted by atomic mass is 16.5. The Bertz CT molecular complexity index is 1410. The number of hydrogen-bond donors (Lipinski definition) is 3. The second-order valence-electron chi connectivity index (χ2n) is 9.84. The van der Waals surface area contributed by atoms with E-state index in [4.69, 9.17) is 9.72 Å². The number of amides is 1. The van der Waals surface area contributed by atoms with E-state index in [-0.39, 0.29) is 5.91 Å². The molecule has 2 fully saturated rings. The lowest BCUT2D eigenvalue weighted by Crippen LogP contribution is -2.28. The molecule has 1 amide bonds. The molecule has 3 N–H and O–H groups in total. The molecule has 1 aliphatic heterocycles. The summed E-state index contributed by atoms with van der Waals surface area (Å²) in [7, 11) is 0. The minimum absolute atomic E-state index is 0.00521. The number of aromatic nitrogens is 4. The highest BCUT2D eigenvalue weighted by Crippen LogP contribution is 2.30. The number of nitrogens with zero attached hydrogens (tertiary/aromatic N) is 4. The van der Waals surface area contributed by atoms with Gasteiger partial charge in [0.25, 0.3) is 5.91 Å². The number of anilines is 2. The van der Waals surface area contributed by atoms with Crippen molar-refractivity contribution in [3.05, 3.63) is 71.7 Å². The molecule has 6 rings (SSSR count). The monoisotopic (exact) mass is 497 g/mol. The molecule has 1 aromatic carbocycles. The number of pyridine rings is 1. The zero-order chi connectivity index (χ0) is 25.2. The molecule has 4 heterocycles. The number of benzene rings is 1. The highest BCUT2D eigenvalue weighted by molar-refractivity contribution is 5.97. The van der Waals surface area contributed by atoms with Crippen LogP contribution in [0, 0.1) is 6.92 Å². The van der Waals surface area contributed by atoms with Crippen molar-refractivity contribution in [2.45, 2.75) is 51.2 Å². The lowest BCUT2D eigenvalue weighted by molar-refractivity contribution is 0.0903. The summed E-state index contributed by atoms with van der Waals surface area (Å²) in [6, 6.07) is 12.5. The number of nitrogens with one attached hydrogen (secondary N) is 3. The van der Waals surface area contributed by atoms with Crippen molar-refractivity contribution in [3.8, 4) is 11.1 Å². The Labute approximate surface area is 215 Å². The first-order valence-electron chi connectivity index (χ1n) is 12.9. The van der Waals surface area contributed by atoms with E-state index in [0.717, 1.165) is 78.4 Å². The van der Waals surface area contributed by atoms with Crippen molar-refractivity contribution in [1.82, 2.24) is 24.9 Å². The van der Waals surface area contributed by atoms with Crippen LogP contribution < -0.4 is 16.0 Å². The molecule has 1 saturated heterocycles. The number of fused-ring (bicyclic) bond motifs is 1. The molecule has 0 bridgehead atoms. The minimum atomic E-state index is -0.00521. The van der Waals surface area contributed by atoms with Crippen LogP contribution in [0.4, 0.5) is 11.6 Å². The quantitative estimate of drug-likeness (QED) is 0.335. The summed E-state index contributed by atoms with van der Waals surface area (Å²) in [4.78, 5) is 21.8. The molecule has 0 spiro atoms. The normalized spacial score (nSPS) is 16.0. The Kier molecular flexibility index (Phi) is 6.44. The molecule has 0 atom stereocenters. The van der Waals surface area contributed by atoms with Gasteiger partial charge in [0.15, 0.2) is 5.65 Å². The Morgan fingerprint density at radius 3 is 2.70 bits per heavy atom. The van der Waals surface area contributed by atoms with Crippen LogP contribution in [0.2, 0.25) is 0 Å². The van der Waals surface area contributed by atoms with E-state index in [1.807, 2.05) is 60.2 Å². The summed E-state index contributed by atoms with van der Waals surface area (Å²) in [6.07, 6.45) is 9.49. The van der Waals surface area contributed by atoms with Crippen molar-refractivity contribution >= 4 is 23.2 Å². The lowest BCUT2D eigenvalue weighted by atomic mass is 10.0. The second kappa shape index (κ2) is 10.2. The van der Waals surface area contributed by atoms with Gasteiger partial charge in [-0.15, -0.1) is 0 Å². The van der Waals surface area contributed by atoms with E-state index in [1.165, 1.54) is 0 Å². The first-order valence-corrected chi connectivity index (χ1v) is 12.9. The number of ether oxygens (including phenoxy) is 1. The number of rotatable bonds is 8. The van der Waals surface area contributed by atoms with Gasteiger partial charge in [-0.2, -0.15) is 9.61 Å². The SMILES string of the molecule is Cc1cc(-c2cnn3c(NCc4cccnc4)cc(NC4CCOCC4)nc23)ccc1C(=O)NC1CC1. The Morgan fingerprint density at radius 1 is 1.08 bits per heavy atom. The van der Waals surface area contributed by atoms with Gasteiger partial charge in [-0.05, 0) is 61.4 Å². The van der Waals surface area contributed by atoms with Crippen LogP contribution in [-0.4, -0.2) is 50.8 Å². The fourth-order valence-electron chi connectivity index (χ4n) is 4.69. The molecule has 0 radical (unpaired) electrons. The molecular weight excluding hydrogens is 466 g/mol. The summed E-state index contributed by atoms with van der Waals surface area (Å²) in [5.74, 6) is 1.63. The molecule has 37 heavy (non-hydrogen) atoms. The number of carbonyl (C=O) groups is 1. The van der Waals surface area contributed by atoms with Gasteiger partial charge in [0.2, 0.25) is 0 Å². The Hall–Kier alpha value is -3.98. The maximum Gasteiger partial charge on any atom is 0.251 e. The minimum Gasteiger partial charge on any atom is -0.381 e. The first-order chi connectivity index (χ1) is 18.1. The van der Waals surface area contributed by atoms with Crippen molar-refractivity contribution in [1.29, 1.82) is 0 Å². The van der Waals surface area contributed by atoms with E-state index >= 15 is 0 Å². The third kappa shape index (κ3) is 5.27. The van der Waals surface area contributed by atoms with Gasteiger partial charge in [-0.25, -0.2) is 4.98 Å². The van der Waals surface area contributed by atoms with Crippen LogP contribution in [0.15, 0.2) is 55.0 Å². The average molecular weight is 498 g/mol. The number of aryl methyl sites for hydroxylation is 1. The molecule has 1 aliphatic carbocycles. The summed E-state index contributed by atoms with van der Waals surface area (Å²) in [5, 5.41) is 14.9. The predicted molar refractivity (Wildman–Crippen MR) is 143 cm³/mol. The third-order valence-corrected chi connectivity index (χ3v) is 6.94. The van der Waals surface area contributed by atoms with E-state index in [2.05, 4.69) is 26.0 Å². The first kappa shape index (κ1) is 23.4. The van der Waals surface area contributed by atoms with Crippen molar-refractivity contribution in [2.24, 2.45) is 0 Å². The zero-order valence-corrected chi connectivity index (χ0v) is 20.9. The van der Waals surface area contributed by atoms with E-state index in [9.17, 15) is 4.79 Å². The standard InChI is InChI=1S/C28H31N7O2/c1-18-13-20(4-7-23(18)28(36)33-21-5-6-21)24-17-31-35-26(30-16-19-3-2-10-29-15-19)14-25(34-27(24)35)32-22-8-11-37-12-9-22/h2-4,7,10,13-15,17,21-22,30H,5-6,8-9,11-12,16H2,1H3,(H,32,34)(H,33,36). The van der Waals surface area contributed by atoms with Gasteiger partial charge < -0.3 is 20.7 Å². The maximum absolute atomic E-state index is 12.6. The summed E-state index contributed by atoms with van der Waals surface area (Å²) in [6.45, 7) is 4.10. The van der Waals surface area contributed by atoms with Gasteiger partial charge in [-0.1, -0.05) is 18.2 Å². The second-order valence-corrected chi connectivity index (χ2v) is 9.84. The zero-order valence-electron chi connectivity index (χ0n) is 20.9. The summed E-state index contributed by atoms with van der Waals surface area (Å²) >= 11 is 0. The molecule has 3 aromatic heterocycles. The molecule has 4 aromatic rings. The largest absolute Gasteiger partial charge is 0.381 e. The highest BCUT2D eigenvalue weighted by Gasteiger charge is 2.25. The molecule has 9 heteroatoms. The summed E-state index contributed by atoms with van der Waals surface area (Å²) in [5.41, 5.74) is 5.36. The Balaban J connectivity index is 1.34.